The van der Waals surface area contributed by atoms with Crippen LogP contribution in [0.2, 0.25) is 0 Å². The van der Waals surface area contributed by atoms with Gasteiger partial charge in [0, 0.05) is 12.6 Å². The topological polar surface area (TPSA) is 58.2 Å². The third-order valence-electron chi connectivity index (χ3n) is 3.03. The molecule has 5 heteroatoms. The van der Waals surface area contributed by atoms with Crippen LogP contribution in [-0.2, 0) is 22.3 Å². The SMILES string of the molecule is CCCNCc1cccc(CS(=O)(=O)NC2CC2)c1. The van der Waals surface area contributed by atoms with Gasteiger partial charge < -0.3 is 5.32 Å². The maximum Gasteiger partial charge on any atom is 0.216 e. The fraction of sp³-hybridized carbons (Fsp3) is 0.571. The van der Waals surface area contributed by atoms with Crippen LogP contribution in [0.5, 0.6) is 0 Å². The molecule has 1 aromatic rings. The van der Waals surface area contributed by atoms with Crippen molar-refractivity contribution in [2.45, 2.75) is 44.5 Å². The van der Waals surface area contributed by atoms with Gasteiger partial charge in [-0.25, -0.2) is 13.1 Å². The first-order valence-electron chi connectivity index (χ1n) is 6.87. The minimum absolute atomic E-state index is 0.0745. The van der Waals surface area contributed by atoms with Gasteiger partial charge in [0.25, 0.3) is 0 Å². The first-order chi connectivity index (χ1) is 9.09. The molecule has 1 aliphatic carbocycles. The molecule has 0 unspecified atom stereocenters. The van der Waals surface area contributed by atoms with Crippen LogP contribution >= 0.6 is 0 Å². The van der Waals surface area contributed by atoms with Crippen LogP contribution in [0.1, 0.15) is 37.3 Å². The van der Waals surface area contributed by atoms with Crippen molar-refractivity contribution in [2.24, 2.45) is 0 Å². The molecule has 106 valence electrons. The molecular formula is C14H22N2O2S. The van der Waals surface area contributed by atoms with Gasteiger partial charge in [0.1, 0.15) is 0 Å². The first-order valence-corrected chi connectivity index (χ1v) is 8.53. The summed E-state index contributed by atoms with van der Waals surface area (Å²) in [5.74, 6) is 0.0745. The zero-order chi connectivity index (χ0) is 13.7. The molecule has 0 radical (unpaired) electrons. The van der Waals surface area contributed by atoms with E-state index in [1.807, 2.05) is 24.3 Å². The minimum Gasteiger partial charge on any atom is -0.313 e. The largest absolute Gasteiger partial charge is 0.313 e. The zero-order valence-corrected chi connectivity index (χ0v) is 12.2. The molecular weight excluding hydrogens is 260 g/mol. The lowest BCUT2D eigenvalue weighted by Gasteiger charge is -2.08. The summed E-state index contributed by atoms with van der Waals surface area (Å²) in [5.41, 5.74) is 1.98. The lowest BCUT2D eigenvalue weighted by molar-refractivity contribution is 0.580. The third kappa shape index (κ3) is 5.30. The van der Waals surface area contributed by atoms with Gasteiger partial charge in [0.2, 0.25) is 10.0 Å². The number of hydrogen-bond donors (Lipinski definition) is 2. The Labute approximate surface area is 115 Å². The molecule has 1 aromatic carbocycles. The van der Waals surface area contributed by atoms with Crippen LogP contribution in [0.15, 0.2) is 24.3 Å². The van der Waals surface area contributed by atoms with Gasteiger partial charge in [-0.15, -0.1) is 0 Å². The van der Waals surface area contributed by atoms with Gasteiger partial charge in [-0.1, -0.05) is 31.2 Å². The quantitative estimate of drug-likeness (QED) is 0.714. The van der Waals surface area contributed by atoms with Crippen molar-refractivity contribution in [3.8, 4) is 0 Å². The van der Waals surface area contributed by atoms with Gasteiger partial charge in [0.15, 0.2) is 0 Å². The van der Waals surface area contributed by atoms with Crippen molar-refractivity contribution < 1.29 is 8.42 Å². The van der Waals surface area contributed by atoms with Gasteiger partial charge in [-0.05, 0) is 36.9 Å². The number of benzene rings is 1. The minimum atomic E-state index is -3.18. The van der Waals surface area contributed by atoms with E-state index in [-0.39, 0.29) is 11.8 Å². The lowest BCUT2D eigenvalue weighted by atomic mass is 10.1. The summed E-state index contributed by atoms with van der Waals surface area (Å²) in [5, 5.41) is 3.32. The van der Waals surface area contributed by atoms with Gasteiger partial charge >= 0.3 is 0 Å². The average molecular weight is 282 g/mol. The number of rotatable bonds is 8. The van der Waals surface area contributed by atoms with E-state index in [1.165, 1.54) is 0 Å². The van der Waals surface area contributed by atoms with Crippen LogP contribution in [0, 0.1) is 0 Å². The summed E-state index contributed by atoms with van der Waals surface area (Å²) in [6.45, 7) is 3.89. The molecule has 19 heavy (non-hydrogen) atoms. The second kappa shape index (κ2) is 6.50. The lowest BCUT2D eigenvalue weighted by Crippen LogP contribution is -2.27. The highest BCUT2D eigenvalue weighted by molar-refractivity contribution is 7.88. The summed E-state index contributed by atoms with van der Waals surface area (Å²) in [4.78, 5) is 0. The summed E-state index contributed by atoms with van der Waals surface area (Å²) < 4.78 is 26.5. The van der Waals surface area contributed by atoms with Crippen molar-refractivity contribution >= 4 is 10.0 Å². The molecule has 1 fully saturated rings. The molecule has 2 N–H and O–H groups in total. The van der Waals surface area contributed by atoms with Crippen molar-refractivity contribution in [3.63, 3.8) is 0 Å². The molecule has 1 aliphatic rings. The molecule has 0 aliphatic heterocycles. The monoisotopic (exact) mass is 282 g/mol. The fourth-order valence-electron chi connectivity index (χ4n) is 1.96. The van der Waals surface area contributed by atoms with E-state index in [2.05, 4.69) is 17.0 Å². The van der Waals surface area contributed by atoms with Crippen molar-refractivity contribution in [2.75, 3.05) is 6.54 Å². The average Bonchev–Trinajstić information content (AvgIpc) is 3.12. The van der Waals surface area contributed by atoms with Crippen LogP contribution < -0.4 is 10.0 Å². The second-order valence-corrected chi connectivity index (χ2v) is 6.90. The molecule has 0 amide bonds. The Morgan fingerprint density at radius 2 is 2.00 bits per heavy atom. The Hall–Kier alpha value is -0.910. The van der Waals surface area contributed by atoms with Gasteiger partial charge in [-0.2, -0.15) is 0 Å². The maximum atomic E-state index is 11.9. The highest BCUT2D eigenvalue weighted by Crippen LogP contribution is 2.20. The molecule has 1 saturated carbocycles. The van der Waals surface area contributed by atoms with E-state index < -0.39 is 10.0 Å². The van der Waals surface area contributed by atoms with Crippen LogP contribution in [0.4, 0.5) is 0 Å². The molecule has 0 heterocycles. The fourth-order valence-corrected chi connectivity index (χ4v) is 3.40. The molecule has 4 nitrogen and oxygen atoms in total. The maximum absolute atomic E-state index is 11.9. The normalized spacial score (nSPS) is 15.6. The van der Waals surface area contributed by atoms with E-state index >= 15 is 0 Å². The standard InChI is InChI=1S/C14H22N2O2S/c1-2-8-15-10-12-4-3-5-13(9-12)11-19(17,18)16-14-6-7-14/h3-5,9,14-16H,2,6-8,10-11H2,1H3. The van der Waals surface area contributed by atoms with Crippen LogP contribution in [-0.4, -0.2) is 21.0 Å². The van der Waals surface area contributed by atoms with Crippen molar-refractivity contribution in [1.29, 1.82) is 0 Å². The molecule has 0 atom stereocenters. The summed E-state index contributed by atoms with van der Waals surface area (Å²) in [6.07, 6.45) is 3.04. The molecule has 2 rings (SSSR count). The summed E-state index contributed by atoms with van der Waals surface area (Å²) in [7, 11) is -3.18. The number of sulfonamides is 1. The van der Waals surface area contributed by atoms with E-state index in [4.69, 9.17) is 0 Å². The third-order valence-corrected chi connectivity index (χ3v) is 4.43. The first kappa shape index (κ1) is 14.5. The highest BCUT2D eigenvalue weighted by atomic mass is 32.2. The molecule has 0 saturated heterocycles. The van der Waals surface area contributed by atoms with E-state index in [9.17, 15) is 8.42 Å². The van der Waals surface area contributed by atoms with Crippen molar-refractivity contribution in [3.05, 3.63) is 35.4 Å². The summed E-state index contributed by atoms with van der Waals surface area (Å²) in [6, 6.07) is 7.96. The van der Waals surface area contributed by atoms with Crippen molar-refractivity contribution in [1.82, 2.24) is 10.0 Å². The molecule has 0 bridgehead atoms. The Morgan fingerprint density at radius 1 is 1.26 bits per heavy atom. The van der Waals surface area contributed by atoms with Crippen LogP contribution in [0.25, 0.3) is 0 Å². The van der Waals surface area contributed by atoms with Gasteiger partial charge in [-0.3, -0.25) is 0 Å². The smallest absolute Gasteiger partial charge is 0.216 e. The second-order valence-electron chi connectivity index (χ2n) is 5.15. The van der Waals surface area contributed by atoms with E-state index in [0.29, 0.717) is 0 Å². The number of hydrogen-bond acceptors (Lipinski definition) is 3. The van der Waals surface area contributed by atoms with E-state index in [0.717, 1.165) is 43.5 Å². The molecule has 0 spiro atoms. The Kier molecular flexibility index (Phi) is 4.96. The van der Waals surface area contributed by atoms with Crippen LogP contribution in [0.3, 0.4) is 0 Å². The number of nitrogens with one attached hydrogen (secondary N) is 2. The highest BCUT2D eigenvalue weighted by Gasteiger charge is 2.26. The Balaban J connectivity index is 1.93. The Morgan fingerprint density at radius 3 is 2.68 bits per heavy atom. The summed E-state index contributed by atoms with van der Waals surface area (Å²) >= 11 is 0. The zero-order valence-electron chi connectivity index (χ0n) is 11.4. The molecule has 0 aromatic heterocycles. The predicted molar refractivity (Wildman–Crippen MR) is 77.2 cm³/mol. The Bertz CT molecular complexity index is 510. The van der Waals surface area contributed by atoms with Gasteiger partial charge in [0.05, 0.1) is 5.75 Å². The van der Waals surface area contributed by atoms with E-state index in [1.54, 1.807) is 0 Å². The predicted octanol–water partition coefficient (Wildman–Crippen LogP) is 1.77.